The zero-order valence-corrected chi connectivity index (χ0v) is 30.5. The van der Waals surface area contributed by atoms with Gasteiger partial charge < -0.3 is 30.1 Å². The number of amides is 3. The van der Waals surface area contributed by atoms with Crippen molar-refractivity contribution >= 4 is 50.3 Å². The van der Waals surface area contributed by atoms with Crippen molar-refractivity contribution in [3.05, 3.63) is 42.1 Å². The van der Waals surface area contributed by atoms with Gasteiger partial charge in [0, 0.05) is 17.2 Å². The molecule has 5 atom stereocenters. The number of benzene rings is 1. The molecule has 2 aromatic rings. The van der Waals surface area contributed by atoms with E-state index in [-0.39, 0.29) is 30.4 Å². The molecule has 2 heterocycles. The minimum atomic E-state index is -3.83. The first-order valence-electron chi connectivity index (χ1n) is 16.1. The molecule has 14 nitrogen and oxygen atoms in total. The van der Waals surface area contributed by atoms with Crippen LogP contribution in [0, 0.1) is 5.41 Å². The van der Waals surface area contributed by atoms with Crippen molar-refractivity contribution in [2.75, 3.05) is 6.54 Å². The predicted molar refractivity (Wildman–Crippen MR) is 184 cm³/mol. The largest absolute Gasteiger partial charge is 0.471 e. The number of ether oxygens (including phenoxy) is 2. The van der Waals surface area contributed by atoms with E-state index in [2.05, 4.69) is 32.1 Å². The fraction of sp³-hybridized carbons (Fsp3) is 0.606. The number of halogens is 1. The molecule has 1 aliphatic carbocycles. The molecule has 1 saturated heterocycles. The van der Waals surface area contributed by atoms with E-state index in [0.717, 1.165) is 0 Å². The first-order chi connectivity index (χ1) is 22.6. The second kappa shape index (κ2) is 14.4. The molecule has 1 aromatic heterocycles. The highest BCUT2D eigenvalue weighted by Gasteiger charge is 2.48. The third-order valence-corrected chi connectivity index (χ3v) is 10.5. The van der Waals surface area contributed by atoms with Crippen LogP contribution < -0.4 is 20.1 Å². The summed E-state index contributed by atoms with van der Waals surface area (Å²) in [7, 11) is -3.83. The molecule has 4 N–H and O–H groups in total. The van der Waals surface area contributed by atoms with Gasteiger partial charge in [-0.1, -0.05) is 56.6 Å². The number of aliphatic hydroxyl groups is 1. The molecule has 270 valence electrons. The first kappa shape index (κ1) is 38.3. The molecular weight excluding hydrogens is 676 g/mol. The van der Waals surface area contributed by atoms with E-state index in [9.17, 15) is 27.9 Å². The Balaban J connectivity index is 1.66. The number of carbonyl (C=O) groups is 3. The Morgan fingerprint density at radius 2 is 1.73 bits per heavy atom. The van der Waals surface area contributed by atoms with Crippen molar-refractivity contribution in [2.24, 2.45) is 5.41 Å². The molecule has 0 radical (unpaired) electrons. The van der Waals surface area contributed by atoms with Gasteiger partial charge in [0.25, 0.3) is 0 Å². The Morgan fingerprint density at radius 1 is 1.10 bits per heavy atom. The molecule has 1 saturated carbocycles. The third kappa shape index (κ3) is 9.38. The second-order valence-corrected chi connectivity index (χ2v) is 17.3. The van der Waals surface area contributed by atoms with Gasteiger partial charge in [-0.3, -0.25) is 9.59 Å². The Labute approximate surface area is 292 Å². The normalized spacial score (nSPS) is 21.0. The number of rotatable bonds is 12. The summed E-state index contributed by atoms with van der Waals surface area (Å²) in [4.78, 5) is 42.7. The van der Waals surface area contributed by atoms with Gasteiger partial charge in [0.05, 0.1) is 17.3 Å². The molecule has 1 unspecified atom stereocenters. The highest BCUT2D eigenvalue weighted by molar-refractivity contribution is 7.90. The second-order valence-electron chi connectivity index (χ2n) is 14.9. The number of fused-ring (bicyclic) bond motifs is 1. The van der Waals surface area contributed by atoms with Gasteiger partial charge in [0.1, 0.15) is 30.0 Å². The van der Waals surface area contributed by atoms with Crippen molar-refractivity contribution in [3.63, 3.8) is 0 Å². The maximum atomic E-state index is 14.4. The lowest BCUT2D eigenvalue weighted by molar-refractivity contribution is -0.143. The molecule has 49 heavy (non-hydrogen) atoms. The van der Waals surface area contributed by atoms with Crippen LogP contribution in [0.4, 0.5) is 4.79 Å². The van der Waals surface area contributed by atoms with Gasteiger partial charge in [0.2, 0.25) is 27.7 Å². The van der Waals surface area contributed by atoms with Crippen LogP contribution in [0.1, 0.15) is 74.1 Å². The summed E-state index contributed by atoms with van der Waals surface area (Å²) < 4.78 is 39.3. The standard InChI is InChI=1S/C33H47ClN6O8S/c1-9-16-33(8,29(43)39-49(45,46)20-14-15-20)36-26(41)23-17-19(47-27-22-13-11-10-12-21(22)25(34)37-38-27)18-40(23)28(42)24(31(2,3)4)35-30(44)48-32(5,6)7/h9-13,19-20,23-24,29,39,43H,1,14-18H2,2-8H3,(H,35,44)(H,36,41)/t19-,23+,24-,29?,33+/m1/s1. The molecule has 2 fully saturated rings. The molecule has 2 aliphatic rings. The van der Waals surface area contributed by atoms with E-state index in [1.807, 2.05) is 0 Å². The minimum absolute atomic E-state index is 0.00638. The van der Waals surface area contributed by atoms with Crippen LogP contribution in [0.2, 0.25) is 5.15 Å². The molecule has 4 rings (SSSR count). The number of nitrogens with zero attached hydrogens (tertiary/aromatic N) is 3. The van der Waals surface area contributed by atoms with Gasteiger partial charge in [-0.05, 0) is 58.4 Å². The van der Waals surface area contributed by atoms with Gasteiger partial charge in [0.15, 0.2) is 5.15 Å². The van der Waals surface area contributed by atoms with E-state index in [1.54, 1.807) is 65.8 Å². The van der Waals surface area contributed by atoms with Crippen LogP contribution >= 0.6 is 11.6 Å². The van der Waals surface area contributed by atoms with E-state index >= 15 is 0 Å². The number of nitrogens with one attached hydrogen (secondary N) is 3. The summed E-state index contributed by atoms with van der Waals surface area (Å²) in [6, 6.07) is 4.82. The predicted octanol–water partition coefficient (Wildman–Crippen LogP) is 3.42. The molecule has 16 heteroatoms. The SMILES string of the molecule is C=CC[C@](C)(NC(=O)[C@@H]1C[C@@H](Oc2nnc(Cl)c3ccccc23)CN1C(=O)[C@@H](NC(=O)OC(C)(C)C)C(C)(C)C)C(O)NS(=O)(=O)C1CC1. The Kier molecular flexibility index (Phi) is 11.2. The van der Waals surface area contributed by atoms with Crippen LogP contribution in [0.15, 0.2) is 36.9 Å². The van der Waals surface area contributed by atoms with Gasteiger partial charge in [-0.2, -0.15) is 4.72 Å². The maximum Gasteiger partial charge on any atom is 0.408 e. The van der Waals surface area contributed by atoms with Crippen LogP contribution in [-0.4, -0.2) is 93.9 Å². The molecule has 0 bridgehead atoms. The van der Waals surface area contributed by atoms with Crippen LogP contribution in [0.25, 0.3) is 10.8 Å². The fourth-order valence-electron chi connectivity index (χ4n) is 5.56. The van der Waals surface area contributed by atoms with Crippen molar-refractivity contribution in [3.8, 4) is 5.88 Å². The summed E-state index contributed by atoms with van der Waals surface area (Å²) in [5.41, 5.74) is -3.19. The molecule has 0 spiro atoms. The van der Waals surface area contributed by atoms with Gasteiger partial charge in [-0.15, -0.1) is 16.8 Å². The molecule has 1 aromatic carbocycles. The van der Waals surface area contributed by atoms with Crippen molar-refractivity contribution < 1.29 is 37.4 Å². The van der Waals surface area contributed by atoms with E-state index < -0.39 is 74.2 Å². The lowest BCUT2D eigenvalue weighted by atomic mass is 9.85. The van der Waals surface area contributed by atoms with Crippen LogP contribution in [-0.2, 0) is 24.3 Å². The first-order valence-corrected chi connectivity index (χ1v) is 18.1. The summed E-state index contributed by atoms with van der Waals surface area (Å²) in [5, 5.41) is 25.4. The minimum Gasteiger partial charge on any atom is -0.471 e. The average Bonchev–Trinajstić information content (AvgIpc) is 3.77. The smallest absolute Gasteiger partial charge is 0.408 e. The highest BCUT2D eigenvalue weighted by atomic mass is 35.5. The molecular formula is C33H47ClN6O8S. The number of aliphatic hydroxyl groups excluding tert-OH is 1. The van der Waals surface area contributed by atoms with Crippen LogP contribution in [0.5, 0.6) is 5.88 Å². The number of likely N-dealkylation sites (tertiary alicyclic amines) is 1. The van der Waals surface area contributed by atoms with Crippen molar-refractivity contribution in [1.29, 1.82) is 0 Å². The Morgan fingerprint density at radius 3 is 2.31 bits per heavy atom. The third-order valence-electron chi connectivity index (χ3n) is 8.33. The van der Waals surface area contributed by atoms with Crippen molar-refractivity contribution in [2.45, 2.75) is 115 Å². The number of hydrogen-bond acceptors (Lipinski definition) is 10. The monoisotopic (exact) mass is 722 g/mol. The highest BCUT2D eigenvalue weighted by Crippen LogP contribution is 2.33. The quantitative estimate of drug-likeness (QED) is 0.187. The zero-order chi connectivity index (χ0) is 36.5. The summed E-state index contributed by atoms with van der Waals surface area (Å²) >= 11 is 6.26. The topological polar surface area (TPSA) is 189 Å². The number of aromatic nitrogens is 2. The zero-order valence-electron chi connectivity index (χ0n) is 28.9. The Hall–Kier alpha value is -3.53. The molecule has 3 amide bonds. The van der Waals surface area contributed by atoms with E-state index in [4.69, 9.17) is 21.1 Å². The van der Waals surface area contributed by atoms with Crippen molar-refractivity contribution in [1.82, 2.24) is 30.5 Å². The summed E-state index contributed by atoms with van der Waals surface area (Å²) in [5.74, 6) is -1.10. The van der Waals surface area contributed by atoms with E-state index in [0.29, 0.717) is 23.6 Å². The lowest BCUT2D eigenvalue weighted by Crippen LogP contribution is -2.64. The number of carbonyl (C=O) groups excluding carboxylic acids is 3. The van der Waals surface area contributed by atoms with Crippen LogP contribution in [0.3, 0.4) is 0 Å². The number of hydrogen-bond donors (Lipinski definition) is 4. The van der Waals surface area contributed by atoms with Gasteiger partial charge in [-0.25, -0.2) is 13.2 Å². The lowest BCUT2D eigenvalue weighted by Gasteiger charge is -2.38. The van der Waals surface area contributed by atoms with Gasteiger partial charge >= 0.3 is 6.09 Å². The molecule has 1 aliphatic heterocycles. The summed E-state index contributed by atoms with van der Waals surface area (Å²) in [6.07, 6.45) is -0.878. The number of sulfonamides is 1. The maximum absolute atomic E-state index is 14.4. The fourth-order valence-corrected chi connectivity index (χ4v) is 7.29. The average molecular weight is 723 g/mol. The Bertz CT molecular complexity index is 1690. The number of alkyl carbamates (subject to hydrolysis) is 1. The summed E-state index contributed by atoms with van der Waals surface area (Å²) in [6.45, 7) is 15.5. The van der Waals surface area contributed by atoms with E-state index in [1.165, 1.54) is 17.9 Å².